The van der Waals surface area contributed by atoms with Gasteiger partial charge in [-0.25, -0.2) is 14.8 Å². The molecule has 1 aromatic carbocycles. The van der Waals surface area contributed by atoms with Crippen LogP contribution >= 0.6 is 0 Å². The van der Waals surface area contributed by atoms with E-state index in [0.717, 1.165) is 32.5 Å². The molecule has 1 aliphatic heterocycles. The number of likely N-dealkylation sites (tertiary alicyclic amines) is 1. The summed E-state index contributed by atoms with van der Waals surface area (Å²) in [7, 11) is 4.16. The van der Waals surface area contributed by atoms with Gasteiger partial charge in [-0.2, -0.15) is 0 Å². The Morgan fingerprint density at radius 3 is 2.63 bits per heavy atom. The number of hydrogen-bond acceptors (Lipinski definition) is 6. The number of hydrogen-bond donors (Lipinski definition) is 2. The number of nitrogens with one attached hydrogen (secondary N) is 1. The standard InChI is InChI=1S/C19H26N6O2/c1-24(2)12-14-7-9-25(10-8-14)19(26)23-17-11-18(22-13-21-17)27-16-5-3-15(20)4-6-16/h3-6,11,13-14H,7-10,12,20H2,1-2H3,(H,21,22,23,26). The molecule has 0 radical (unpaired) electrons. The first-order valence-corrected chi connectivity index (χ1v) is 9.05. The maximum Gasteiger partial charge on any atom is 0.323 e. The van der Waals surface area contributed by atoms with Gasteiger partial charge in [-0.1, -0.05) is 0 Å². The molecular formula is C19H26N6O2. The Hall–Kier alpha value is -2.87. The molecule has 27 heavy (non-hydrogen) atoms. The van der Waals surface area contributed by atoms with Crippen LogP contribution in [0.25, 0.3) is 0 Å². The van der Waals surface area contributed by atoms with Crippen LogP contribution in [0.1, 0.15) is 12.8 Å². The molecule has 2 aromatic rings. The first-order chi connectivity index (χ1) is 13.0. The average Bonchev–Trinajstić information content (AvgIpc) is 2.64. The highest BCUT2D eigenvalue weighted by Crippen LogP contribution is 2.22. The normalized spacial score (nSPS) is 15.0. The van der Waals surface area contributed by atoms with E-state index >= 15 is 0 Å². The van der Waals surface area contributed by atoms with Gasteiger partial charge in [-0.05, 0) is 57.1 Å². The predicted molar refractivity (Wildman–Crippen MR) is 105 cm³/mol. The Labute approximate surface area is 159 Å². The summed E-state index contributed by atoms with van der Waals surface area (Å²) in [6.45, 7) is 2.57. The number of rotatable bonds is 5. The molecular weight excluding hydrogens is 344 g/mol. The molecule has 2 heterocycles. The summed E-state index contributed by atoms with van der Waals surface area (Å²) in [5.74, 6) is 2.02. The first-order valence-electron chi connectivity index (χ1n) is 9.05. The molecule has 0 aliphatic carbocycles. The van der Waals surface area contributed by atoms with Crippen LogP contribution in [-0.4, -0.2) is 59.5 Å². The molecule has 2 amide bonds. The number of nitrogen functional groups attached to an aromatic ring is 1. The Morgan fingerprint density at radius 2 is 1.96 bits per heavy atom. The van der Waals surface area contributed by atoms with Gasteiger partial charge >= 0.3 is 6.03 Å². The number of aromatic nitrogens is 2. The topological polar surface area (TPSA) is 96.6 Å². The lowest BCUT2D eigenvalue weighted by molar-refractivity contribution is 0.170. The number of nitrogens with zero attached hydrogens (tertiary/aromatic N) is 4. The summed E-state index contributed by atoms with van der Waals surface area (Å²) in [6, 6.07) is 8.47. The number of piperidine rings is 1. The van der Waals surface area contributed by atoms with Gasteiger partial charge in [0, 0.05) is 31.4 Å². The molecule has 1 aliphatic rings. The van der Waals surface area contributed by atoms with Crippen molar-refractivity contribution in [2.45, 2.75) is 12.8 Å². The number of anilines is 2. The number of urea groups is 1. The zero-order valence-corrected chi connectivity index (χ0v) is 15.8. The van der Waals surface area contributed by atoms with Crippen molar-refractivity contribution < 1.29 is 9.53 Å². The molecule has 1 fully saturated rings. The van der Waals surface area contributed by atoms with Crippen LogP contribution < -0.4 is 15.8 Å². The van der Waals surface area contributed by atoms with E-state index in [2.05, 4.69) is 34.3 Å². The van der Waals surface area contributed by atoms with Crippen molar-refractivity contribution >= 4 is 17.5 Å². The van der Waals surface area contributed by atoms with Gasteiger partial charge in [-0.3, -0.25) is 5.32 Å². The average molecular weight is 370 g/mol. The van der Waals surface area contributed by atoms with E-state index in [0.29, 0.717) is 29.1 Å². The lowest BCUT2D eigenvalue weighted by atomic mass is 9.97. The van der Waals surface area contributed by atoms with E-state index in [4.69, 9.17) is 10.5 Å². The van der Waals surface area contributed by atoms with Crippen LogP contribution in [0, 0.1) is 5.92 Å². The fourth-order valence-corrected chi connectivity index (χ4v) is 3.14. The number of benzene rings is 1. The second-order valence-electron chi connectivity index (χ2n) is 7.04. The second kappa shape index (κ2) is 8.68. The van der Waals surface area contributed by atoms with Crippen LogP contribution in [0.5, 0.6) is 11.6 Å². The van der Waals surface area contributed by atoms with Crippen molar-refractivity contribution in [3.63, 3.8) is 0 Å². The molecule has 144 valence electrons. The first kappa shape index (κ1) is 18.9. The maximum absolute atomic E-state index is 12.5. The van der Waals surface area contributed by atoms with Gasteiger partial charge in [0.1, 0.15) is 17.9 Å². The van der Waals surface area contributed by atoms with E-state index in [1.807, 2.05) is 4.90 Å². The minimum absolute atomic E-state index is 0.143. The zero-order chi connectivity index (χ0) is 19.2. The quantitative estimate of drug-likeness (QED) is 0.786. The molecule has 0 spiro atoms. The Balaban J connectivity index is 1.55. The third-order valence-electron chi connectivity index (χ3n) is 4.50. The lowest BCUT2D eigenvalue weighted by Crippen LogP contribution is -2.42. The van der Waals surface area contributed by atoms with Crippen LogP contribution in [-0.2, 0) is 0 Å². The highest BCUT2D eigenvalue weighted by molar-refractivity contribution is 5.88. The second-order valence-corrected chi connectivity index (χ2v) is 7.04. The smallest absolute Gasteiger partial charge is 0.323 e. The summed E-state index contributed by atoms with van der Waals surface area (Å²) < 4.78 is 5.68. The summed E-state index contributed by atoms with van der Waals surface area (Å²) in [5.41, 5.74) is 6.33. The number of carbonyl (C=O) groups is 1. The third-order valence-corrected chi connectivity index (χ3v) is 4.50. The minimum Gasteiger partial charge on any atom is -0.439 e. The molecule has 3 N–H and O–H groups in total. The van der Waals surface area contributed by atoms with E-state index < -0.39 is 0 Å². The Morgan fingerprint density at radius 1 is 1.26 bits per heavy atom. The Kier molecular flexibility index (Phi) is 6.08. The summed E-state index contributed by atoms with van der Waals surface area (Å²) in [6.07, 6.45) is 3.40. The highest BCUT2D eigenvalue weighted by Gasteiger charge is 2.23. The van der Waals surface area contributed by atoms with Crippen LogP contribution in [0.3, 0.4) is 0 Å². The molecule has 8 nitrogen and oxygen atoms in total. The van der Waals surface area contributed by atoms with E-state index in [1.165, 1.54) is 6.33 Å². The van der Waals surface area contributed by atoms with E-state index in [1.54, 1.807) is 30.3 Å². The number of amides is 2. The lowest BCUT2D eigenvalue weighted by Gasteiger charge is -2.33. The van der Waals surface area contributed by atoms with Crippen molar-refractivity contribution in [1.82, 2.24) is 19.8 Å². The zero-order valence-electron chi connectivity index (χ0n) is 15.8. The van der Waals surface area contributed by atoms with Gasteiger partial charge < -0.3 is 20.3 Å². The van der Waals surface area contributed by atoms with Crippen LogP contribution in [0.4, 0.5) is 16.3 Å². The van der Waals surface area contributed by atoms with Crippen molar-refractivity contribution in [2.75, 3.05) is 44.8 Å². The van der Waals surface area contributed by atoms with Crippen molar-refractivity contribution in [1.29, 1.82) is 0 Å². The molecule has 0 atom stereocenters. The largest absolute Gasteiger partial charge is 0.439 e. The molecule has 0 unspecified atom stereocenters. The highest BCUT2D eigenvalue weighted by atomic mass is 16.5. The maximum atomic E-state index is 12.5. The van der Waals surface area contributed by atoms with Crippen LogP contribution in [0.2, 0.25) is 0 Å². The van der Waals surface area contributed by atoms with E-state index in [-0.39, 0.29) is 6.03 Å². The van der Waals surface area contributed by atoms with Gasteiger partial charge in [0.2, 0.25) is 5.88 Å². The molecule has 0 saturated carbocycles. The number of nitrogens with two attached hydrogens (primary N) is 1. The minimum atomic E-state index is -0.143. The molecule has 1 aromatic heterocycles. The molecule has 0 bridgehead atoms. The van der Waals surface area contributed by atoms with Crippen LogP contribution in [0.15, 0.2) is 36.7 Å². The molecule has 8 heteroatoms. The summed E-state index contributed by atoms with van der Waals surface area (Å²) >= 11 is 0. The summed E-state index contributed by atoms with van der Waals surface area (Å²) in [5, 5.41) is 2.83. The van der Waals surface area contributed by atoms with Gasteiger partial charge in [0.25, 0.3) is 0 Å². The van der Waals surface area contributed by atoms with Gasteiger partial charge in [0.05, 0.1) is 0 Å². The summed E-state index contributed by atoms with van der Waals surface area (Å²) in [4.78, 5) is 24.7. The fourth-order valence-electron chi connectivity index (χ4n) is 3.14. The fraction of sp³-hybridized carbons (Fsp3) is 0.421. The van der Waals surface area contributed by atoms with Crippen molar-refractivity contribution in [2.24, 2.45) is 5.92 Å². The Bertz CT molecular complexity index is 757. The van der Waals surface area contributed by atoms with Gasteiger partial charge in [0.15, 0.2) is 0 Å². The van der Waals surface area contributed by atoms with Gasteiger partial charge in [-0.15, -0.1) is 0 Å². The van der Waals surface area contributed by atoms with Crippen molar-refractivity contribution in [3.8, 4) is 11.6 Å². The van der Waals surface area contributed by atoms with E-state index in [9.17, 15) is 4.79 Å². The molecule has 1 saturated heterocycles. The van der Waals surface area contributed by atoms with Crippen molar-refractivity contribution in [3.05, 3.63) is 36.7 Å². The monoisotopic (exact) mass is 370 g/mol. The number of carbonyl (C=O) groups excluding carboxylic acids is 1. The third kappa shape index (κ3) is 5.55. The number of ether oxygens (including phenoxy) is 1. The predicted octanol–water partition coefficient (Wildman–Crippen LogP) is 2.66. The SMILES string of the molecule is CN(C)CC1CCN(C(=O)Nc2cc(Oc3ccc(N)cc3)ncn2)CC1. The molecule has 3 rings (SSSR count).